The number of phenols is 1. The minimum absolute atomic E-state index is 0.0377. The minimum atomic E-state index is -1.14. The van der Waals surface area contributed by atoms with Gasteiger partial charge in [0.2, 0.25) is 23.6 Å². The molecule has 0 saturated heterocycles. The van der Waals surface area contributed by atoms with Crippen molar-refractivity contribution in [3.8, 4) is 16.9 Å². The summed E-state index contributed by atoms with van der Waals surface area (Å²) in [5.41, 5.74) is 26.8. The number of phenolic OH excluding ortho intramolecular Hbond substituents is 1. The second-order valence-corrected chi connectivity index (χ2v) is 13.7. The van der Waals surface area contributed by atoms with E-state index < -0.39 is 35.8 Å². The molecule has 4 amide bonds. The second kappa shape index (κ2) is 18.0. The van der Waals surface area contributed by atoms with E-state index in [4.69, 9.17) is 22.9 Å². The largest absolute Gasteiger partial charge is 0.508 e. The van der Waals surface area contributed by atoms with Gasteiger partial charge in [-0.1, -0.05) is 54.6 Å². The highest BCUT2D eigenvalue weighted by Crippen LogP contribution is 2.26. The summed E-state index contributed by atoms with van der Waals surface area (Å²) < 4.78 is 0. The number of nitrogens with two attached hydrogens (primary N) is 4. The van der Waals surface area contributed by atoms with E-state index >= 15 is 0 Å². The molecular weight excluding hydrogens is 674 g/mol. The quantitative estimate of drug-likeness (QED) is 0.0440. The van der Waals surface area contributed by atoms with E-state index in [1.807, 2.05) is 54.6 Å². The van der Waals surface area contributed by atoms with Crippen molar-refractivity contribution in [3.05, 3.63) is 90.1 Å². The molecule has 1 heterocycles. The highest BCUT2D eigenvalue weighted by Gasteiger charge is 2.33. The summed E-state index contributed by atoms with van der Waals surface area (Å²) in [6, 6.07) is 19.0. The number of amides is 4. The van der Waals surface area contributed by atoms with E-state index in [9.17, 15) is 24.3 Å². The van der Waals surface area contributed by atoms with Crippen LogP contribution in [0.2, 0.25) is 0 Å². The summed E-state index contributed by atoms with van der Waals surface area (Å²) in [5.74, 6) is -2.56. The van der Waals surface area contributed by atoms with E-state index in [-0.39, 0.29) is 48.8 Å². The number of aromatic nitrogens is 1. The van der Waals surface area contributed by atoms with Crippen LogP contribution in [-0.2, 0) is 32.0 Å². The zero-order valence-electron chi connectivity index (χ0n) is 29.6. The molecule has 3 aromatic carbocycles. The fourth-order valence-corrected chi connectivity index (χ4v) is 6.72. The number of benzene rings is 3. The third-order valence-electron chi connectivity index (χ3n) is 9.64. The number of guanidine groups is 1. The maximum Gasteiger partial charge on any atom is 0.243 e. The van der Waals surface area contributed by atoms with Crippen LogP contribution in [0.4, 0.5) is 0 Å². The summed E-state index contributed by atoms with van der Waals surface area (Å²) in [6.45, 7) is 0.357. The lowest BCUT2D eigenvalue weighted by Gasteiger charge is -2.26. The van der Waals surface area contributed by atoms with Crippen LogP contribution in [-0.4, -0.2) is 70.4 Å². The number of carbonyl (C=O) groups excluding carboxylic acids is 4. The molecule has 1 aliphatic carbocycles. The van der Waals surface area contributed by atoms with Crippen LogP contribution in [0.3, 0.4) is 0 Å². The van der Waals surface area contributed by atoms with Gasteiger partial charge in [0.05, 0.1) is 0 Å². The topological polar surface area (TPSA) is 257 Å². The summed E-state index contributed by atoms with van der Waals surface area (Å²) in [7, 11) is 0. The Morgan fingerprint density at radius 2 is 1.49 bits per heavy atom. The van der Waals surface area contributed by atoms with Crippen molar-refractivity contribution < 1.29 is 24.3 Å². The zero-order chi connectivity index (χ0) is 37.9. The molecule has 1 saturated carbocycles. The van der Waals surface area contributed by atoms with Gasteiger partial charge in [-0.3, -0.25) is 24.2 Å². The first-order valence-corrected chi connectivity index (χ1v) is 17.9. The lowest BCUT2D eigenvalue weighted by Crippen LogP contribution is -2.57. The first kappa shape index (κ1) is 38.3. The summed E-state index contributed by atoms with van der Waals surface area (Å²) in [6.07, 6.45) is 5.00. The fourth-order valence-electron chi connectivity index (χ4n) is 6.72. The molecule has 0 aliphatic heterocycles. The van der Waals surface area contributed by atoms with Gasteiger partial charge < -0.3 is 49.0 Å². The van der Waals surface area contributed by atoms with Crippen molar-refractivity contribution in [2.75, 3.05) is 6.54 Å². The Kier molecular flexibility index (Phi) is 13.1. The van der Waals surface area contributed by atoms with Crippen LogP contribution in [0.25, 0.3) is 22.0 Å². The number of carbonyl (C=O) groups is 4. The lowest BCUT2D eigenvalue weighted by atomic mass is 9.98. The van der Waals surface area contributed by atoms with E-state index in [0.717, 1.165) is 22.2 Å². The fraction of sp³-hybridized carbons (Fsp3) is 0.359. The highest BCUT2D eigenvalue weighted by molar-refractivity contribution is 5.95. The van der Waals surface area contributed by atoms with Gasteiger partial charge in [0.15, 0.2) is 5.96 Å². The monoisotopic (exact) mass is 723 g/mol. The van der Waals surface area contributed by atoms with Gasteiger partial charge in [0, 0.05) is 48.4 Å². The first-order chi connectivity index (χ1) is 25.5. The number of hydrogen-bond donors (Lipinski definition) is 9. The average molecular weight is 724 g/mol. The number of nitrogens with zero attached hydrogens (tertiary/aromatic N) is 1. The van der Waals surface area contributed by atoms with Gasteiger partial charge in [-0.25, -0.2) is 0 Å². The number of fused-ring (bicyclic) bond motifs is 1. The van der Waals surface area contributed by atoms with E-state index in [0.29, 0.717) is 49.6 Å². The number of unbranched alkanes of at least 4 members (excludes halogenated alkanes) is 1. The average Bonchev–Trinajstić information content (AvgIpc) is 3.76. The number of nitrogens with one attached hydrogen (secondary N) is 4. The molecule has 0 radical (unpaired) electrons. The van der Waals surface area contributed by atoms with E-state index in [2.05, 4.69) is 25.9 Å². The molecule has 13 N–H and O–H groups in total. The van der Waals surface area contributed by atoms with Crippen molar-refractivity contribution >= 4 is 40.5 Å². The maximum atomic E-state index is 14.2. The van der Waals surface area contributed by atoms with Gasteiger partial charge in [-0.2, -0.15) is 0 Å². The van der Waals surface area contributed by atoms with E-state index in [1.54, 1.807) is 24.4 Å². The second-order valence-electron chi connectivity index (χ2n) is 13.7. The van der Waals surface area contributed by atoms with Crippen molar-refractivity contribution in [1.29, 1.82) is 0 Å². The molecule has 1 aromatic heterocycles. The third kappa shape index (κ3) is 10.8. The van der Waals surface area contributed by atoms with Crippen molar-refractivity contribution in [2.24, 2.45) is 33.8 Å². The SMILES string of the molecule is NC(=O)[C@H](CCCCN=C(N)N)NC(=O)[C@H](Cc1ccc(-c2ccccc2)cc1)NC(=O)[C@H](Cc1c[nH]c2ccc(O)cc12)NC(=O)[C@@H]1CC[C@@H](N)C1. The van der Waals surface area contributed by atoms with Crippen LogP contribution in [0.1, 0.15) is 49.7 Å². The zero-order valence-corrected chi connectivity index (χ0v) is 29.6. The van der Waals surface area contributed by atoms with Gasteiger partial charge >= 0.3 is 0 Å². The normalized spacial score (nSPS) is 17.0. The van der Waals surface area contributed by atoms with Crippen LogP contribution in [0, 0.1) is 5.92 Å². The Morgan fingerprint density at radius 3 is 2.15 bits per heavy atom. The lowest BCUT2D eigenvalue weighted by molar-refractivity contribution is -0.134. The van der Waals surface area contributed by atoms with Crippen molar-refractivity contribution in [1.82, 2.24) is 20.9 Å². The number of aromatic hydroxyl groups is 1. The predicted octanol–water partition coefficient (Wildman–Crippen LogP) is 1.84. The highest BCUT2D eigenvalue weighted by atomic mass is 16.3. The third-order valence-corrected chi connectivity index (χ3v) is 9.64. The Labute approximate surface area is 308 Å². The molecule has 0 unspecified atom stereocenters. The summed E-state index contributed by atoms with van der Waals surface area (Å²) >= 11 is 0. The van der Waals surface area contributed by atoms with Gasteiger partial charge in [-0.15, -0.1) is 0 Å². The molecule has 0 bridgehead atoms. The van der Waals surface area contributed by atoms with Crippen LogP contribution < -0.4 is 38.9 Å². The summed E-state index contributed by atoms with van der Waals surface area (Å²) in [4.78, 5) is 61.2. The van der Waals surface area contributed by atoms with Crippen LogP contribution >= 0.6 is 0 Å². The summed E-state index contributed by atoms with van der Waals surface area (Å²) in [5, 5.41) is 19.4. The van der Waals surface area contributed by atoms with Gasteiger partial charge in [0.1, 0.15) is 23.9 Å². The Morgan fingerprint density at radius 1 is 0.811 bits per heavy atom. The number of hydrogen-bond acceptors (Lipinski definition) is 7. The number of H-pyrrole nitrogens is 1. The molecule has 4 aromatic rings. The first-order valence-electron chi connectivity index (χ1n) is 17.9. The number of aromatic amines is 1. The number of primary amides is 1. The molecular formula is C39H49N9O5. The van der Waals surface area contributed by atoms with Crippen molar-refractivity contribution in [2.45, 2.75) is 75.5 Å². The molecule has 1 aliphatic rings. The molecule has 1 fully saturated rings. The van der Waals surface area contributed by atoms with E-state index in [1.165, 1.54) is 0 Å². The van der Waals surface area contributed by atoms with Crippen molar-refractivity contribution in [3.63, 3.8) is 0 Å². The number of rotatable bonds is 17. The number of aliphatic imine (C=N–C) groups is 1. The molecule has 14 nitrogen and oxygen atoms in total. The molecule has 5 rings (SSSR count). The molecule has 14 heteroatoms. The van der Waals surface area contributed by atoms with Gasteiger partial charge in [-0.05, 0) is 79.0 Å². The standard InChI is InChI=1S/C39H49N9O5/c40-28-14-13-26(19-28)36(51)47-34(20-27-22-45-31-16-15-29(49)21-30(27)31)38(53)48-33(18-23-9-11-25(12-10-23)24-6-2-1-3-7-24)37(52)46-32(35(41)50)8-4-5-17-44-39(42)43/h1-3,6-7,9-12,15-16,21-22,26,28,32-34,45,49H,4-5,8,13-14,17-20,40H2,(H2,41,50)(H,46,52)(H,47,51)(H,48,53)(H4,42,43,44)/t26-,28-,32+,33+,34+/m1/s1. The Balaban J connectivity index is 1.39. The Bertz CT molecular complexity index is 1910. The molecule has 280 valence electrons. The predicted molar refractivity (Wildman–Crippen MR) is 204 cm³/mol. The molecule has 5 atom stereocenters. The maximum absolute atomic E-state index is 14.2. The smallest absolute Gasteiger partial charge is 0.243 e. The molecule has 0 spiro atoms. The van der Waals surface area contributed by atoms with Gasteiger partial charge in [0.25, 0.3) is 0 Å². The molecule has 53 heavy (non-hydrogen) atoms. The Hall–Kier alpha value is -5.89. The van der Waals surface area contributed by atoms with Crippen LogP contribution in [0.5, 0.6) is 5.75 Å². The minimum Gasteiger partial charge on any atom is -0.508 e. The van der Waals surface area contributed by atoms with Crippen LogP contribution in [0.15, 0.2) is 84.0 Å².